The highest BCUT2D eigenvalue weighted by Gasteiger charge is 2.20. The first-order chi connectivity index (χ1) is 9.72. The Labute approximate surface area is 122 Å². The summed E-state index contributed by atoms with van der Waals surface area (Å²) < 4.78 is 11.3. The maximum atomic E-state index is 5.68. The lowest BCUT2D eigenvalue weighted by Crippen LogP contribution is -2.24. The molecule has 0 amide bonds. The lowest BCUT2D eigenvalue weighted by Gasteiger charge is -2.15. The molecule has 0 radical (unpaired) electrons. The van der Waals surface area contributed by atoms with E-state index in [0.29, 0.717) is 19.1 Å². The summed E-state index contributed by atoms with van der Waals surface area (Å²) in [5.74, 6) is 2.36. The standard InChI is InChI=1S/C17H27NO2/c1-4-19-16-9-6-14(11-17(16)20-5-2)10-13(3)12-18-15-7-8-15/h6,9,11,13,15,18H,4-5,7-8,10,12H2,1-3H3. The molecule has 3 nitrogen and oxygen atoms in total. The van der Waals surface area contributed by atoms with Crippen molar-refractivity contribution in [2.75, 3.05) is 19.8 Å². The smallest absolute Gasteiger partial charge is 0.161 e. The molecule has 0 saturated heterocycles. The van der Waals surface area contributed by atoms with Crippen molar-refractivity contribution in [3.8, 4) is 11.5 Å². The van der Waals surface area contributed by atoms with Gasteiger partial charge in [0, 0.05) is 6.04 Å². The lowest BCUT2D eigenvalue weighted by molar-refractivity contribution is 0.287. The fourth-order valence-electron chi connectivity index (χ4n) is 2.35. The maximum Gasteiger partial charge on any atom is 0.161 e. The molecular formula is C17H27NO2. The van der Waals surface area contributed by atoms with Gasteiger partial charge in [0.05, 0.1) is 13.2 Å². The molecule has 0 bridgehead atoms. The summed E-state index contributed by atoms with van der Waals surface area (Å²) in [6.07, 6.45) is 3.78. The van der Waals surface area contributed by atoms with E-state index >= 15 is 0 Å². The van der Waals surface area contributed by atoms with Gasteiger partial charge in [-0.25, -0.2) is 0 Å². The lowest BCUT2D eigenvalue weighted by atomic mass is 10.0. The van der Waals surface area contributed by atoms with Crippen LogP contribution in [-0.4, -0.2) is 25.8 Å². The predicted molar refractivity (Wildman–Crippen MR) is 82.7 cm³/mol. The highest BCUT2D eigenvalue weighted by molar-refractivity contribution is 5.43. The Morgan fingerprint density at radius 1 is 1.15 bits per heavy atom. The van der Waals surface area contributed by atoms with E-state index in [9.17, 15) is 0 Å². The van der Waals surface area contributed by atoms with Crippen molar-refractivity contribution in [1.82, 2.24) is 5.32 Å². The zero-order valence-corrected chi connectivity index (χ0v) is 12.9. The largest absolute Gasteiger partial charge is 0.490 e. The normalized spacial score (nSPS) is 15.9. The van der Waals surface area contributed by atoms with E-state index < -0.39 is 0 Å². The molecule has 1 fully saturated rings. The van der Waals surface area contributed by atoms with Crippen molar-refractivity contribution in [3.63, 3.8) is 0 Å². The molecule has 1 N–H and O–H groups in total. The average molecular weight is 277 g/mol. The van der Waals surface area contributed by atoms with E-state index in [1.54, 1.807) is 0 Å². The van der Waals surface area contributed by atoms with Crippen LogP contribution in [0.3, 0.4) is 0 Å². The van der Waals surface area contributed by atoms with Crippen molar-refractivity contribution >= 4 is 0 Å². The van der Waals surface area contributed by atoms with E-state index in [1.165, 1.54) is 18.4 Å². The van der Waals surface area contributed by atoms with Crippen molar-refractivity contribution in [2.24, 2.45) is 5.92 Å². The van der Waals surface area contributed by atoms with Gasteiger partial charge in [0.2, 0.25) is 0 Å². The summed E-state index contributed by atoms with van der Waals surface area (Å²) >= 11 is 0. The Balaban J connectivity index is 1.93. The molecule has 2 rings (SSSR count). The quantitative estimate of drug-likeness (QED) is 0.750. The molecule has 1 aromatic rings. The van der Waals surface area contributed by atoms with Crippen LogP contribution in [-0.2, 0) is 6.42 Å². The SMILES string of the molecule is CCOc1ccc(CC(C)CNC2CC2)cc1OCC. The summed E-state index contributed by atoms with van der Waals surface area (Å²) in [6, 6.07) is 7.10. The summed E-state index contributed by atoms with van der Waals surface area (Å²) in [5, 5.41) is 3.59. The van der Waals surface area contributed by atoms with Crippen molar-refractivity contribution in [3.05, 3.63) is 23.8 Å². The van der Waals surface area contributed by atoms with Crippen LogP contribution in [0.2, 0.25) is 0 Å². The summed E-state index contributed by atoms with van der Waals surface area (Å²) in [5.41, 5.74) is 1.32. The third-order valence-electron chi connectivity index (χ3n) is 3.52. The second-order valence-electron chi connectivity index (χ2n) is 5.64. The van der Waals surface area contributed by atoms with Crippen molar-refractivity contribution in [2.45, 2.75) is 46.1 Å². The van der Waals surface area contributed by atoms with Gasteiger partial charge in [-0.1, -0.05) is 13.0 Å². The van der Waals surface area contributed by atoms with Crippen LogP contribution >= 0.6 is 0 Å². The first-order valence-electron chi connectivity index (χ1n) is 7.84. The molecule has 1 aromatic carbocycles. The van der Waals surface area contributed by atoms with E-state index in [1.807, 2.05) is 19.9 Å². The highest BCUT2D eigenvalue weighted by Crippen LogP contribution is 2.29. The Bertz CT molecular complexity index is 415. The number of hydrogen-bond donors (Lipinski definition) is 1. The molecule has 0 spiro atoms. The molecule has 0 heterocycles. The van der Waals surface area contributed by atoms with E-state index in [0.717, 1.165) is 30.5 Å². The molecule has 1 aliphatic rings. The molecular weight excluding hydrogens is 250 g/mol. The van der Waals surface area contributed by atoms with Crippen LogP contribution in [0, 0.1) is 5.92 Å². The van der Waals surface area contributed by atoms with Gasteiger partial charge < -0.3 is 14.8 Å². The number of benzene rings is 1. The first-order valence-corrected chi connectivity index (χ1v) is 7.84. The molecule has 1 aliphatic carbocycles. The summed E-state index contributed by atoms with van der Waals surface area (Å²) in [6.45, 7) is 8.73. The Morgan fingerprint density at radius 2 is 1.85 bits per heavy atom. The van der Waals surface area contributed by atoms with Gasteiger partial charge in [0.1, 0.15) is 0 Å². The number of rotatable bonds is 9. The molecule has 1 saturated carbocycles. The minimum atomic E-state index is 0.642. The van der Waals surface area contributed by atoms with Gasteiger partial charge in [-0.2, -0.15) is 0 Å². The number of ether oxygens (including phenoxy) is 2. The third kappa shape index (κ3) is 4.71. The zero-order valence-electron chi connectivity index (χ0n) is 12.9. The molecule has 0 aliphatic heterocycles. The average Bonchev–Trinajstić information content (AvgIpc) is 3.24. The molecule has 112 valence electrons. The second-order valence-corrected chi connectivity index (χ2v) is 5.64. The van der Waals surface area contributed by atoms with Gasteiger partial charge in [-0.3, -0.25) is 0 Å². The monoisotopic (exact) mass is 277 g/mol. The van der Waals surface area contributed by atoms with Gasteiger partial charge in [0.15, 0.2) is 11.5 Å². The van der Waals surface area contributed by atoms with Crippen molar-refractivity contribution in [1.29, 1.82) is 0 Å². The minimum Gasteiger partial charge on any atom is -0.490 e. The highest BCUT2D eigenvalue weighted by atomic mass is 16.5. The van der Waals surface area contributed by atoms with E-state index in [4.69, 9.17) is 9.47 Å². The Kier molecular flexibility index (Phi) is 5.72. The van der Waals surface area contributed by atoms with Gasteiger partial charge >= 0.3 is 0 Å². The maximum absolute atomic E-state index is 5.68. The summed E-state index contributed by atoms with van der Waals surface area (Å²) in [7, 11) is 0. The van der Waals surface area contributed by atoms with Gasteiger partial charge in [-0.05, 0) is 63.3 Å². The number of hydrogen-bond acceptors (Lipinski definition) is 3. The minimum absolute atomic E-state index is 0.642. The predicted octanol–water partition coefficient (Wildman–Crippen LogP) is 3.41. The van der Waals surface area contributed by atoms with Crippen LogP contribution in [0.1, 0.15) is 39.2 Å². The fraction of sp³-hybridized carbons (Fsp3) is 0.647. The zero-order chi connectivity index (χ0) is 14.4. The van der Waals surface area contributed by atoms with Crippen LogP contribution in [0.25, 0.3) is 0 Å². The van der Waals surface area contributed by atoms with Crippen molar-refractivity contribution < 1.29 is 9.47 Å². The van der Waals surface area contributed by atoms with Crippen LogP contribution in [0.15, 0.2) is 18.2 Å². The summed E-state index contributed by atoms with van der Waals surface area (Å²) in [4.78, 5) is 0. The van der Waals surface area contributed by atoms with Crippen LogP contribution < -0.4 is 14.8 Å². The fourth-order valence-corrected chi connectivity index (χ4v) is 2.35. The Hall–Kier alpha value is -1.22. The third-order valence-corrected chi connectivity index (χ3v) is 3.52. The van der Waals surface area contributed by atoms with E-state index in [2.05, 4.69) is 24.4 Å². The first kappa shape index (κ1) is 15.2. The molecule has 1 unspecified atom stereocenters. The van der Waals surface area contributed by atoms with Gasteiger partial charge in [-0.15, -0.1) is 0 Å². The second kappa shape index (κ2) is 7.53. The van der Waals surface area contributed by atoms with Crippen LogP contribution in [0.5, 0.6) is 11.5 Å². The van der Waals surface area contributed by atoms with Crippen LogP contribution in [0.4, 0.5) is 0 Å². The van der Waals surface area contributed by atoms with Gasteiger partial charge in [0.25, 0.3) is 0 Å². The molecule has 3 heteroatoms. The molecule has 1 atom stereocenters. The molecule has 20 heavy (non-hydrogen) atoms. The number of nitrogens with one attached hydrogen (secondary N) is 1. The molecule has 0 aromatic heterocycles. The van der Waals surface area contributed by atoms with E-state index in [-0.39, 0.29) is 0 Å². The topological polar surface area (TPSA) is 30.5 Å². The Morgan fingerprint density at radius 3 is 2.50 bits per heavy atom.